The minimum Gasteiger partial charge on any atom is -0.460 e. The molecule has 6 heteroatoms. The number of nitrogens with zero attached hydrogens (tertiary/aromatic N) is 3. The fourth-order valence-corrected chi connectivity index (χ4v) is 3.47. The van der Waals surface area contributed by atoms with E-state index in [2.05, 4.69) is 52.2 Å². The number of piperidine rings is 1. The third kappa shape index (κ3) is 5.50. The van der Waals surface area contributed by atoms with Crippen LogP contribution in [0.15, 0.2) is 36.7 Å². The van der Waals surface area contributed by atoms with Gasteiger partial charge in [-0.1, -0.05) is 23.8 Å². The Balaban J connectivity index is 1.44. The maximum atomic E-state index is 12.5. The van der Waals surface area contributed by atoms with Gasteiger partial charge in [0.15, 0.2) is 0 Å². The third-order valence-corrected chi connectivity index (χ3v) is 4.99. The van der Waals surface area contributed by atoms with Crippen molar-refractivity contribution in [1.29, 1.82) is 0 Å². The first-order valence-corrected chi connectivity index (χ1v) is 9.54. The van der Waals surface area contributed by atoms with E-state index in [1.165, 1.54) is 16.7 Å². The molecule has 1 fully saturated rings. The highest BCUT2D eigenvalue weighted by Gasteiger charge is 2.23. The van der Waals surface area contributed by atoms with Crippen molar-refractivity contribution in [3.63, 3.8) is 0 Å². The van der Waals surface area contributed by atoms with Gasteiger partial charge in [0.1, 0.15) is 6.10 Å². The van der Waals surface area contributed by atoms with E-state index in [1.54, 1.807) is 18.5 Å². The maximum Gasteiger partial charge on any atom is 0.316 e. The summed E-state index contributed by atoms with van der Waals surface area (Å²) in [6.07, 6.45) is 5.22. The largest absolute Gasteiger partial charge is 0.460 e. The molecule has 1 atom stereocenters. The molecule has 3 rings (SSSR count). The van der Waals surface area contributed by atoms with Gasteiger partial charge < -0.3 is 10.1 Å². The number of aryl methyl sites for hydroxylation is 2. The number of benzene rings is 1. The SMILES string of the molecule is Cc1ccc(C)c(C(C)NC(=O)CN2CCC(Oc3ncccn3)CC2)c1. The summed E-state index contributed by atoms with van der Waals surface area (Å²) in [4.78, 5) is 22.8. The summed E-state index contributed by atoms with van der Waals surface area (Å²) in [7, 11) is 0. The summed E-state index contributed by atoms with van der Waals surface area (Å²) in [6, 6.07) is 8.56. The zero-order valence-corrected chi connectivity index (χ0v) is 16.3. The Morgan fingerprint density at radius 2 is 1.96 bits per heavy atom. The van der Waals surface area contributed by atoms with Crippen molar-refractivity contribution in [1.82, 2.24) is 20.2 Å². The molecule has 2 aromatic rings. The highest BCUT2D eigenvalue weighted by atomic mass is 16.5. The van der Waals surface area contributed by atoms with Crippen LogP contribution in [0.25, 0.3) is 0 Å². The van der Waals surface area contributed by atoms with Crippen LogP contribution in [0.1, 0.15) is 42.5 Å². The van der Waals surface area contributed by atoms with Gasteiger partial charge in [0.05, 0.1) is 12.6 Å². The second-order valence-corrected chi connectivity index (χ2v) is 7.27. The maximum absolute atomic E-state index is 12.5. The number of amides is 1. The number of hydrogen-bond acceptors (Lipinski definition) is 5. The van der Waals surface area contributed by atoms with Crippen molar-refractivity contribution < 1.29 is 9.53 Å². The van der Waals surface area contributed by atoms with E-state index < -0.39 is 0 Å². The molecule has 1 aliphatic rings. The van der Waals surface area contributed by atoms with Gasteiger partial charge in [0.2, 0.25) is 5.91 Å². The Kier molecular flexibility index (Phi) is 6.40. The molecule has 6 nitrogen and oxygen atoms in total. The quantitative estimate of drug-likeness (QED) is 0.849. The zero-order valence-electron chi connectivity index (χ0n) is 16.3. The van der Waals surface area contributed by atoms with Gasteiger partial charge in [0.25, 0.3) is 0 Å². The average molecular weight is 368 g/mol. The Labute approximate surface area is 161 Å². The first-order chi connectivity index (χ1) is 13.0. The fourth-order valence-electron chi connectivity index (χ4n) is 3.47. The number of nitrogens with one attached hydrogen (secondary N) is 1. The van der Waals surface area contributed by atoms with Crippen LogP contribution in [0.4, 0.5) is 0 Å². The molecule has 1 aromatic heterocycles. The van der Waals surface area contributed by atoms with Crippen LogP contribution in [-0.2, 0) is 4.79 Å². The predicted molar refractivity (Wildman–Crippen MR) is 105 cm³/mol. The van der Waals surface area contributed by atoms with E-state index in [0.29, 0.717) is 12.6 Å². The molecule has 2 heterocycles. The van der Waals surface area contributed by atoms with Gasteiger partial charge in [-0.25, -0.2) is 9.97 Å². The summed E-state index contributed by atoms with van der Waals surface area (Å²) in [6.45, 7) is 8.29. The minimum atomic E-state index is 0.00787. The lowest BCUT2D eigenvalue weighted by molar-refractivity contribution is -0.123. The number of likely N-dealkylation sites (tertiary alicyclic amines) is 1. The van der Waals surface area contributed by atoms with Crippen LogP contribution in [0.5, 0.6) is 6.01 Å². The molecular weight excluding hydrogens is 340 g/mol. The average Bonchev–Trinajstić information content (AvgIpc) is 2.66. The smallest absolute Gasteiger partial charge is 0.316 e. The van der Waals surface area contributed by atoms with Crippen LogP contribution < -0.4 is 10.1 Å². The molecule has 1 amide bonds. The Hall–Kier alpha value is -2.47. The molecule has 1 N–H and O–H groups in total. The van der Waals surface area contributed by atoms with Gasteiger partial charge in [-0.05, 0) is 50.8 Å². The summed E-state index contributed by atoms with van der Waals surface area (Å²) in [5.74, 6) is 0.0640. The Morgan fingerprint density at radius 1 is 1.26 bits per heavy atom. The first-order valence-electron chi connectivity index (χ1n) is 9.54. The molecule has 1 aromatic carbocycles. The monoisotopic (exact) mass is 368 g/mol. The standard InChI is InChI=1S/C21H28N4O2/c1-15-5-6-16(2)19(13-15)17(3)24-20(26)14-25-11-7-18(8-12-25)27-21-22-9-4-10-23-21/h4-6,9-10,13,17-18H,7-8,11-12,14H2,1-3H3,(H,24,26). The summed E-state index contributed by atoms with van der Waals surface area (Å²) >= 11 is 0. The van der Waals surface area contributed by atoms with Crippen LogP contribution in [0.3, 0.4) is 0 Å². The Bertz CT molecular complexity index is 758. The number of carbonyl (C=O) groups excluding carboxylic acids is 1. The summed E-state index contributed by atoms with van der Waals surface area (Å²) < 4.78 is 5.81. The number of rotatable bonds is 6. The lowest BCUT2D eigenvalue weighted by Gasteiger charge is -2.31. The number of aromatic nitrogens is 2. The van der Waals surface area contributed by atoms with Crippen molar-refractivity contribution in [3.8, 4) is 6.01 Å². The van der Waals surface area contributed by atoms with E-state index in [1.807, 2.05) is 6.92 Å². The van der Waals surface area contributed by atoms with E-state index >= 15 is 0 Å². The summed E-state index contributed by atoms with van der Waals surface area (Å²) in [5.41, 5.74) is 3.59. The van der Waals surface area contributed by atoms with Crippen LogP contribution in [0, 0.1) is 13.8 Å². The van der Waals surface area contributed by atoms with Crippen molar-refractivity contribution >= 4 is 5.91 Å². The molecule has 0 aliphatic carbocycles. The molecule has 0 saturated carbocycles. The van der Waals surface area contributed by atoms with E-state index in [9.17, 15) is 4.79 Å². The molecule has 0 spiro atoms. The number of hydrogen-bond donors (Lipinski definition) is 1. The van der Waals surface area contributed by atoms with Gasteiger partial charge in [-0.2, -0.15) is 0 Å². The molecule has 1 saturated heterocycles. The van der Waals surface area contributed by atoms with Gasteiger partial charge in [-0.15, -0.1) is 0 Å². The van der Waals surface area contributed by atoms with Crippen molar-refractivity contribution in [3.05, 3.63) is 53.3 Å². The second kappa shape index (κ2) is 8.95. The Morgan fingerprint density at radius 3 is 2.67 bits per heavy atom. The van der Waals surface area contributed by atoms with E-state index in [-0.39, 0.29) is 18.1 Å². The lowest BCUT2D eigenvalue weighted by Crippen LogP contribution is -2.44. The molecule has 1 aliphatic heterocycles. The van der Waals surface area contributed by atoms with Crippen molar-refractivity contribution in [2.45, 2.75) is 45.8 Å². The minimum absolute atomic E-state index is 0.00787. The van der Waals surface area contributed by atoms with E-state index in [4.69, 9.17) is 4.74 Å². The first kappa shape index (κ1) is 19.3. The molecular formula is C21H28N4O2. The van der Waals surface area contributed by atoms with Crippen molar-refractivity contribution in [2.75, 3.05) is 19.6 Å². The lowest BCUT2D eigenvalue weighted by atomic mass is 10.00. The van der Waals surface area contributed by atoms with Gasteiger partial charge in [0, 0.05) is 25.5 Å². The number of ether oxygens (including phenoxy) is 1. The van der Waals surface area contributed by atoms with Gasteiger partial charge >= 0.3 is 6.01 Å². The highest BCUT2D eigenvalue weighted by molar-refractivity contribution is 5.78. The third-order valence-electron chi connectivity index (χ3n) is 4.99. The number of carbonyl (C=O) groups is 1. The zero-order chi connectivity index (χ0) is 19.2. The molecule has 27 heavy (non-hydrogen) atoms. The molecule has 1 unspecified atom stereocenters. The molecule has 0 radical (unpaired) electrons. The summed E-state index contributed by atoms with van der Waals surface area (Å²) in [5, 5.41) is 3.13. The fraction of sp³-hybridized carbons (Fsp3) is 0.476. The van der Waals surface area contributed by atoms with Crippen LogP contribution in [-0.4, -0.2) is 46.5 Å². The normalized spacial score (nSPS) is 16.7. The highest BCUT2D eigenvalue weighted by Crippen LogP contribution is 2.19. The van der Waals surface area contributed by atoms with Crippen LogP contribution in [0.2, 0.25) is 0 Å². The molecule has 0 bridgehead atoms. The van der Waals surface area contributed by atoms with Crippen molar-refractivity contribution in [2.24, 2.45) is 0 Å². The van der Waals surface area contributed by atoms with Gasteiger partial charge in [-0.3, -0.25) is 9.69 Å². The molecule has 144 valence electrons. The van der Waals surface area contributed by atoms with Crippen LogP contribution >= 0.6 is 0 Å². The second-order valence-electron chi connectivity index (χ2n) is 7.27. The predicted octanol–water partition coefficient (Wildman–Crippen LogP) is 2.81. The topological polar surface area (TPSA) is 67.4 Å². The van der Waals surface area contributed by atoms with E-state index in [0.717, 1.165) is 25.9 Å².